The predicted octanol–water partition coefficient (Wildman–Crippen LogP) is 0.707. The third kappa shape index (κ3) is 3.59. The van der Waals surface area contributed by atoms with Gasteiger partial charge in [0.15, 0.2) is 0 Å². The molecule has 6 nitrogen and oxygen atoms in total. The molecule has 3 aliphatic rings. The maximum Gasteiger partial charge on any atom is 0.225 e. The zero-order valence-corrected chi connectivity index (χ0v) is 14.9. The summed E-state index contributed by atoms with van der Waals surface area (Å²) in [6.45, 7) is 6.19. The maximum atomic E-state index is 12.7. The molecule has 2 saturated heterocycles. The van der Waals surface area contributed by atoms with Crippen LogP contribution in [0, 0.1) is 5.92 Å². The fourth-order valence-corrected chi connectivity index (χ4v) is 4.69. The Hall–Kier alpha value is -1.14. The molecule has 2 heterocycles. The highest BCUT2D eigenvalue weighted by atomic mass is 16.2. The van der Waals surface area contributed by atoms with Crippen molar-refractivity contribution in [2.75, 3.05) is 32.7 Å². The normalized spacial score (nSPS) is 30.2. The number of amides is 2. The molecule has 1 aliphatic carbocycles. The summed E-state index contributed by atoms with van der Waals surface area (Å²) in [4.78, 5) is 29.4. The molecule has 6 heteroatoms. The smallest absolute Gasteiger partial charge is 0.225 e. The van der Waals surface area contributed by atoms with E-state index < -0.39 is 0 Å². The summed E-state index contributed by atoms with van der Waals surface area (Å²) in [6, 6.07) is 0.464. The van der Waals surface area contributed by atoms with E-state index in [1.807, 2.05) is 4.90 Å². The number of carbonyl (C=O) groups is 2. The molecule has 3 rings (SSSR count). The van der Waals surface area contributed by atoms with Crippen LogP contribution < -0.4 is 11.1 Å². The van der Waals surface area contributed by atoms with E-state index in [1.165, 1.54) is 6.42 Å². The molecule has 2 unspecified atom stereocenters. The summed E-state index contributed by atoms with van der Waals surface area (Å²) in [5.74, 6) is -0.0544. The Morgan fingerprint density at radius 1 is 1.33 bits per heavy atom. The SMILES string of the molecule is CCN1CCCC1CN1CC(C(=O)NC2(CN)CCCC2)CC1=O. The summed E-state index contributed by atoms with van der Waals surface area (Å²) in [7, 11) is 0. The zero-order valence-electron chi connectivity index (χ0n) is 14.9. The average molecular weight is 336 g/mol. The van der Waals surface area contributed by atoms with Crippen LogP contribution in [-0.2, 0) is 9.59 Å². The van der Waals surface area contributed by atoms with Crippen LogP contribution in [0.4, 0.5) is 0 Å². The third-order valence-electron chi connectivity index (χ3n) is 6.26. The van der Waals surface area contributed by atoms with E-state index in [-0.39, 0.29) is 23.3 Å². The molecule has 3 fully saturated rings. The van der Waals surface area contributed by atoms with Gasteiger partial charge in [0, 0.05) is 32.1 Å². The summed E-state index contributed by atoms with van der Waals surface area (Å²) in [6.07, 6.45) is 6.91. The first-order valence-electron chi connectivity index (χ1n) is 9.61. The maximum absolute atomic E-state index is 12.7. The van der Waals surface area contributed by atoms with Crippen LogP contribution >= 0.6 is 0 Å². The van der Waals surface area contributed by atoms with Crippen LogP contribution in [0.5, 0.6) is 0 Å². The highest BCUT2D eigenvalue weighted by Crippen LogP contribution is 2.30. The molecule has 24 heavy (non-hydrogen) atoms. The van der Waals surface area contributed by atoms with Crippen LogP contribution in [0.3, 0.4) is 0 Å². The largest absolute Gasteiger partial charge is 0.349 e. The Kier molecular flexibility index (Phi) is 5.45. The van der Waals surface area contributed by atoms with E-state index in [4.69, 9.17) is 5.73 Å². The first-order valence-corrected chi connectivity index (χ1v) is 9.61. The highest BCUT2D eigenvalue weighted by molar-refractivity contribution is 5.89. The lowest BCUT2D eigenvalue weighted by Crippen LogP contribution is -2.53. The molecule has 2 atom stereocenters. The minimum atomic E-state index is -0.224. The number of carbonyl (C=O) groups excluding carboxylic acids is 2. The lowest BCUT2D eigenvalue weighted by Gasteiger charge is -2.30. The fraction of sp³-hybridized carbons (Fsp3) is 0.889. The second-order valence-electron chi connectivity index (χ2n) is 7.81. The molecule has 2 amide bonds. The third-order valence-corrected chi connectivity index (χ3v) is 6.26. The van der Waals surface area contributed by atoms with Crippen molar-refractivity contribution in [3.63, 3.8) is 0 Å². The van der Waals surface area contributed by atoms with Gasteiger partial charge in [-0.3, -0.25) is 14.5 Å². The standard InChI is InChI=1S/C18H32N4O2/c1-2-21-9-5-6-15(21)12-22-11-14(10-16(22)23)17(24)20-18(13-19)7-3-4-8-18/h14-15H,2-13,19H2,1H3,(H,20,24). The van der Waals surface area contributed by atoms with Gasteiger partial charge in [-0.15, -0.1) is 0 Å². The van der Waals surface area contributed by atoms with Gasteiger partial charge in [0.25, 0.3) is 0 Å². The summed E-state index contributed by atoms with van der Waals surface area (Å²) >= 11 is 0. The van der Waals surface area contributed by atoms with Crippen LogP contribution in [0.1, 0.15) is 51.9 Å². The number of rotatable bonds is 6. The molecule has 0 aromatic carbocycles. The second-order valence-corrected chi connectivity index (χ2v) is 7.81. The summed E-state index contributed by atoms with van der Waals surface area (Å²) in [5, 5.41) is 3.19. The topological polar surface area (TPSA) is 78.7 Å². The van der Waals surface area contributed by atoms with Crippen molar-refractivity contribution in [3.05, 3.63) is 0 Å². The van der Waals surface area contributed by atoms with Crippen LogP contribution in [0.25, 0.3) is 0 Å². The number of hydrogen-bond acceptors (Lipinski definition) is 4. The van der Waals surface area contributed by atoms with Gasteiger partial charge in [-0.25, -0.2) is 0 Å². The van der Waals surface area contributed by atoms with Crippen molar-refractivity contribution in [2.24, 2.45) is 11.7 Å². The van der Waals surface area contributed by atoms with E-state index in [0.29, 0.717) is 25.6 Å². The number of likely N-dealkylation sites (tertiary alicyclic amines) is 2. The fourth-order valence-electron chi connectivity index (χ4n) is 4.69. The van der Waals surface area contributed by atoms with Crippen molar-refractivity contribution in [3.8, 4) is 0 Å². The number of nitrogens with two attached hydrogens (primary N) is 1. The number of nitrogens with one attached hydrogen (secondary N) is 1. The van der Waals surface area contributed by atoms with Crippen LogP contribution in [0.15, 0.2) is 0 Å². The van der Waals surface area contributed by atoms with E-state index in [1.54, 1.807) is 0 Å². The van der Waals surface area contributed by atoms with Crippen molar-refractivity contribution < 1.29 is 9.59 Å². The molecule has 0 bridgehead atoms. The van der Waals surface area contributed by atoms with Crippen LogP contribution in [0.2, 0.25) is 0 Å². The lowest BCUT2D eigenvalue weighted by molar-refractivity contribution is -0.129. The molecule has 136 valence electrons. The van der Waals surface area contributed by atoms with Crippen molar-refractivity contribution in [2.45, 2.75) is 63.5 Å². The average Bonchev–Trinajstić information content (AvgIpc) is 3.29. The first kappa shape index (κ1) is 17.7. The molecule has 0 spiro atoms. The molecule has 0 aromatic rings. The Balaban J connectivity index is 1.55. The summed E-state index contributed by atoms with van der Waals surface area (Å²) in [5.41, 5.74) is 5.69. The van der Waals surface area contributed by atoms with Gasteiger partial charge in [-0.1, -0.05) is 19.8 Å². The van der Waals surface area contributed by atoms with Gasteiger partial charge in [0.2, 0.25) is 11.8 Å². The highest BCUT2D eigenvalue weighted by Gasteiger charge is 2.40. The monoisotopic (exact) mass is 336 g/mol. The van der Waals surface area contributed by atoms with E-state index in [9.17, 15) is 9.59 Å². The van der Waals surface area contributed by atoms with Crippen molar-refractivity contribution in [1.29, 1.82) is 0 Å². The Morgan fingerprint density at radius 2 is 2.08 bits per heavy atom. The number of nitrogens with zero attached hydrogens (tertiary/aromatic N) is 2. The minimum Gasteiger partial charge on any atom is -0.349 e. The Labute approximate surface area is 145 Å². The van der Waals surface area contributed by atoms with Gasteiger partial charge in [0.05, 0.1) is 11.5 Å². The van der Waals surface area contributed by atoms with Crippen molar-refractivity contribution in [1.82, 2.24) is 15.1 Å². The van der Waals surface area contributed by atoms with E-state index >= 15 is 0 Å². The quantitative estimate of drug-likeness (QED) is 0.749. The van der Waals surface area contributed by atoms with Gasteiger partial charge >= 0.3 is 0 Å². The minimum absolute atomic E-state index is 0.0250. The zero-order chi connectivity index (χ0) is 17.2. The van der Waals surface area contributed by atoms with Gasteiger partial charge in [-0.05, 0) is 38.8 Å². The molecular weight excluding hydrogens is 304 g/mol. The van der Waals surface area contributed by atoms with Gasteiger partial charge < -0.3 is 16.0 Å². The lowest BCUT2D eigenvalue weighted by atomic mass is 9.96. The molecule has 2 aliphatic heterocycles. The van der Waals surface area contributed by atoms with Crippen molar-refractivity contribution >= 4 is 11.8 Å². The van der Waals surface area contributed by atoms with E-state index in [2.05, 4.69) is 17.1 Å². The molecule has 0 aromatic heterocycles. The van der Waals surface area contributed by atoms with E-state index in [0.717, 1.165) is 51.7 Å². The Morgan fingerprint density at radius 3 is 2.75 bits per heavy atom. The molecule has 0 radical (unpaired) electrons. The molecule has 3 N–H and O–H groups in total. The van der Waals surface area contributed by atoms with Crippen LogP contribution in [-0.4, -0.2) is 65.9 Å². The number of hydrogen-bond donors (Lipinski definition) is 2. The van der Waals surface area contributed by atoms with Gasteiger partial charge in [0.1, 0.15) is 0 Å². The molecular formula is C18H32N4O2. The summed E-state index contributed by atoms with van der Waals surface area (Å²) < 4.78 is 0. The predicted molar refractivity (Wildman–Crippen MR) is 93.4 cm³/mol. The number of likely N-dealkylation sites (N-methyl/N-ethyl adjacent to an activating group) is 1. The second kappa shape index (κ2) is 7.40. The first-order chi connectivity index (χ1) is 11.6. The Bertz CT molecular complexity index is 476. The molecule has 1 saturated carbocycles. The van der Waals surface area contributed by atoms with Gasteiger partial charge in [-0.2, -0.15) is 0 Å².